The van der Waals surface area contributed by atoms with Crippen LogP contribution >= 0.6 is 0 Å². The number of rotatable bonds is 6. The van der Waals surface area contributed by atoms with Crippen molar-refractivity contribution in [2.24, 2.45) is 11.8 Å². The molecule has 2 aromatic heterocycles. The quantitative estimate of drug-likeness (QED) is 0.225. The highest BCUT2D eigenvalue weighted by Crippen LogP contribution is 2.57. The molecule has 2 heterocycles. The van der Waals surface area contributed by atoms with Crippen LogP contribution in [0.15, 0.2) is 65.2 Å². The fourth-order valence-electron chi connectivity index (χ4n) is 7.47. The molecule has 1 aliphatic rings. The average Bonchev–Trinajstić information content (AvgIpc) is 3.37. The third kappa shape index (κ3) is 3.94. The van der Waals surface area contributed by atoms with E-state index in [9.17, 15) is 0 Å². The Labute approximate surface area is 233 Å². The summed E-state index contributed by atoms with van der Waals surface area (Å²) in [7, 11) is 0. The number of hydrogen-bond donors (Lipinski definition) is 0. The molecule has 2 nitrogen and oxygen atoms in total. The number of aromatic nitrogens is 1. The summed E-state index contributed by atoms with van der Waals surface area (Å²) in [6, 6.07) is 20.5. The van der Waals surface area contributed by atoms with Crippen molar-refractivity contribution in [3.63, 3.8) is 0 Å². The second-order valence-electron chi connectivity index (χ2n) is 13.0. The molecule has 0 atom stereocenters. The molecular weight excluding hydrogens is 474 g/mol. The van der Waals surface area contributed by atoms with E-state index in [1.807, 2.05) is 0 Å². The van der Waals surface area contributed by atoms with Gasteiger partial charge in [0.25, 0.3) is 0 Å². The van der Waals surface area contributed by atoms with Crippen molar-refractivity contribution in [1.29, 1.82) is 0 Å². The van der Waals surface area contributed by atoms with Gasteiger partial charge in [-0.1, -0.05) is 90.1 Å². The molecule has 0 saturated heterocycles. The van der Waals surface area contributed by atoms with E-state index >= 15 is 0 Å². The van der Waals surface area contributed by atoms with E-state index < -0.39 is 0 Å². The highest BCUT2D eigenvalue weighted by molar-refractivity contribution is 6.14. The number of nitrogens with zero attached hydrogens (tertiary/aromatic N) is 1. The predicted octanol–water partition coefficient (Wildman–Crippen LogP) is 10.7. The van der Waals surface area contributed by atoms with Crippen molar-refractivity contribution < 1.29 is 4.42 Å². The van der Waals surface area contributed by atoms with Crippen LogP contribution in [0.1, 0.15) is 88.1 Å². The van der Waals surface area contributed by atoms with E-state index in [4.69, 9.17) is 9.40 Å². The lowest BCUT2D eigenvalue weighted by molar-refractivity contribution is 0.337. The van der Waals surface area contributed by atoms with Crippen molar-refractivity contribution in [2.45, 2.75) is 79.6 Å². The molecule has 2 heteroatoms. The molecule has 3 aromatic carbocycles. The van der Waals surface area contributed by atoms with Crippen molar-refractivity contribution in [3.05, 3.63) is 88.6 Å². The van der Waals surface area contributed by atoms with Crippen LogP contribution in [0.5, 0.6) is 0 Å². The Hall–Kier alpha value is -3.39. The van der Waals surface area contributed by atoms with Crippen LogP contribution in [0.25, 0.3) is 44.3 Å². The van der Waals surface area contributed by atoms with E-state index in [-0.39, 0.29) is 5.41 Å². The van der Waals surface area contributed by atoms with E-state index in [0.29, 0.717) is 17.8 Å². The maximum Gasteiger partial charge on any atom is 0.145 e. The monoisotopic (exact) mass is 515 g/mol. The number of benzene rings is 3. The van der Waals surface area contributed by atoms with Gasteiger partial charge in [-0.2, -0.15) is 0 Å². The zero-order chi connectivity index (χ0) is 27.6. The summed E-state index contributed by atoms with van der Waals surface area (Å²) in [4.78, 5) is 4.95. The van der Waals surface area contributed by atoms with Gasteiger partial charge in [-0.15, -0.1) is 0 Å². The topological polar surface area (TPSA) is 26.0 Å². The highest BCUT2D eigenvalue weighted by Gasteiger charge is 2.45. The van der Waals surface area contributed by atoms with Gasteiger partial charge in [-0.3, -0.25) is 4.98 Å². The fourth-order valence-corrected chi connectivity index (χ4v) is 7.47. The van der Waals surface area contributed by atoms with Crippen LogP contribution in [0.2, 0.25) is 0 Å². The molecule has 1 aliphatic carbocycles. The summed E-state index contributed by atoms with van der Waals surface area (Å²) in [6.07, 6.45) is 4.32. The Morgan fingerprint density at radius 1 is 0.718 bits per heavy atom. The summed E-state index contributed by atoms with van der Waals surface area (Å²) in [5, 5.41) is 2.36. The molecule has 0 aliphatic heterocycles. The molecular formula is C37H41NO. The van der Waals surface area contributed by atoms with E-state index in [1.54, 1.807) is 0 Å². The molecule has 0 spiro atoms. The van der Waals surface area contributed by atoms with Crippen molar-refractivity contribution in [1.82, 2.24) is 4.98 Å². The standard InChI is InChI=1S/C37H41NO/c1-21(2)18-37(19-22(3)4)30-12-10-9-11-28(30)34-31(37)16-15-27-26-14-13-24(7)33(35(26)39-36(27)34)32-17-25(8)29(20-38-32)23(5)6/h9-17,20-23H,18-19H2,1-8H3. The van der Waals surface area contributed by atoms with Crippen molar-refractivity contribution in [3.8, 4) is 22.4 Å². The zero-order valence-electron chi connectivity index (χ0n) is 24.8. The third-order valence-corrected chi connectivity index (χ3v) is 8.79. The minimum absolute atomic E-state index is 0.00547. The Bertz CT molecular complexity index is 1710. The minimum atomic E-state index is 0.00547. The lowest BCUT2D eigenvalue weighted by atomic mass is 9.68. The molecule has 6 rings (SSSR count). The molecule has 39 heavy (non-hydrogen) atoms. The van der Waals surface area contributed by atoms with E-state index in [2.05, 4.69) is 116 Å². The first-order chi connectivity index (χ1) is 18.6. The Balaban J connectivity index is 1.66. The van der Waals surface area contributed by atoms with Gasteiger partial charge in [0.2, 0.25) is 0 Å². The van der Waals surface area contributed by atoms with Crippen molar-refractivity contribution in [2.75, 3.05) is 0 Å². The molecule has 0 bridgehead atoms. The Morgan fingerprint density at radius 2 is 1.36 bits per heavy atom. The van der Waals surface area contributed by atoms with Gasteiger partial charge in [0, 0.05) is 33.5 Å². The first-order valence-electron chi connectivity index (χ1n) is 14.7. The number of pyridine rings is 1. The smallest absolute Gasteiger partial charge is 0.145 e. The highest BCUT2D eigenvalue weighted by atomic mass is 16.3. The Kier molecular flexibility index (Phi) is 6.21. The lowest BCUT2D eigenvalue weighted by Crippen LogP contribution is -2.29. The summed E-state index contributed by atoms with van der Waals surface area (Å²) < 4.78 is 7.00. The van der Waals surface area contributed by atoms with Gasteiger partial charge in [0.15, 0.2) is 0 Å². The summed E-state index contributed by atoms with van der Waals surface area (Å²) in [5.41, 5.74) is 13.4. The van der Waals surface area contributed by atoms with Gasteiger partial charge in [-0.25, -0.2) is 0 Å². The van der Waals surface area contributed by atoms with Gasteiger partial charge < -0.3 is 4.42 Å². The van der Waals surface area contributed by atoms with Gasteiger partial charge >= 0.3 is 0 Å². The van der Waals surface area contributed by atoms with Gasteiger partial charge in [-0.05, 0) is 83.9 Å². The predicted molar refractivity (Wildman–Crippen MR) is 166 cm³/mol. The maximum absolute atomic E-state index is 7.00. The molecule has 0 unspecified atom stereocenters. The molecule has 0 fully saturated rings. The number of furan rings is 1. The second-order valence-corrected chi connectivity index (χ2v) is 13.0. The number of hydrogen-bond acceptors (Lipinski definition) is 2. The number of aryl methyl sites for hydroxylation is 2. The van der Waals surface area contributed by atoms with Crippen LogP contribution in [0.3, 0.4) is 0 Å². The first kappa shape index (κ1) is 25.9. The molecule has 0 radical (unpaired) electrons. The minimum Gasteiger partial charge on any atom is -0.455 e. The van der Waals surface area contributed by atoms with E-state index in [0.717, 1.165) is 35.3 Å². The number of fused-ring (bicyclic) bond motifs is 7. The van der Waals surface area contributed by atoms with Crippen LogP contribution in [0, 0.1) is 25.7 Å². The average molecular weight is 516 g/mol. The first-order valence-corrected chi connectivity index (χ1v) is 14.7. The molecule has 0 saturated carbocycles. The molecule has 200 valence electrons. The third-order valence-electron chi connectivity index (χ3n) is 8.79. The SMILES string of the molecule is Cc1cc(-c2c(C)ccc3c2oc2c4c(ccc23)C(CC(C)C)(CC(C)C)c2ccccc2-4)ncc1C(C)C. The summed E-state index contributed by atoms with van der Waals surface area (Å²) in [6.45, 7) is 18.3. The van der Waals surface area contributed by atoms with Gasteiger partial charge in [0.1, 0.15) is 11.2 Å². The second kappa shape index (κ2) is 9.37. The molecule has 0 amide bonds. The zero-order valence-corrected chi connectivity index (χ0v) is 24.8. The molecule has 5 aromatic rings. The van der Waals surface area contributed by atoms with Crippen LogP contribution in [0.4, 0.5) is 0 Å². The largest absolute Gasteiger partial charge is 0.455 e. The van der Waals surface area contributed by atoms with Crippen LogP contribution in [-0.2, 0) is 5.41 Å². The van der Waals surface area contributed by atoms with Crippen LogP contribution < -0.4 is 0 Å². The maximum atomic E-state index is 7.00. The van der Waals surface area contributed by atoms with Crippen molar-refractivity contribution >= 4 is 21.9 Å². The summed E-state index contributed by atoms with van der Waals surface area (Å²) in [5.74, 6) is 1.63. The summed E-state index contributed by atoms with van der Waals surface area (Å²) >= 11 is 0. The molecule has 0 N–H and O–H groups in total. The normalized spacial score (nSPS) is 14.2. The van der Waals surface area contributed by atoms with Gasteiger partial charge in [0.05, 0.1) is 5.69 Å². The van der Waals surface area contributed by atoms with Crippen LogP contribution in [-0.4, -0.2) is 4.98 Å². The fraction of sp³-hybridized carbons (Fsp3) is 0.378. The van der Waals surface area contributed by atoms with E-state index in [1.165, 1.54) is 49.7 Å². The Morgan fingerprint density at radius 3 is 2.00 bits per heavy atom. The lowest BCUT2D eigenvalue weighted by Gasteiger charge is -2.35.